The van der Waals surface area contributed by atoms with Gasteiger partial charge in [0.25, 0.3) is 0 Å². The van der Waals surface area contributed by atoms with Gasteiger partial charge in [0.2, 0.25) is 5.89 Å². The van der Waals surface area contributed by atoms with Gasteiger partial charge in [0.05, 0.1) is 6.10 Å². The van der Waals surface area contributed by atoms with Gasteiger partial charge in [-0.1, -0.05) is 33.2 Å². The average Bonchev–Trinajstić information content (AvgIpc) is 2.73. The minimum atomic E-state index is -0.199. The monoisotopic (exact) mass is 308 g/mol. The lowest BCUT2D eigenvalue weighted by atomic mass is 9.82. The van der Waals surface area contributed by atoms with Gasteiger partial charge in [-0.25, -0.2) is 0 Å². The summed E-state index contributed by atoms with van der Waals surface area (Å²) >= 11 is 3.44. The van der Waals surface area contributed by atoms with Crippen molar-refractivity contribution < 1.29 is 9.63 Å². The topological polar surface area (TPSA) is 59.2 Å². The number of aliphatic hydroxyl groups is 1. The van der Waals surface area contributed by atoms with Gasteiger partial charge < -0.3 is 9.63 Å². The third kappa shape index (κ3) is 2.47. The molecule has 94 valence electrons. The molecular formula is C13H13BrN2O2. The van der Waals surface area contributed by atoms with Crippen LogP contribution >= 0.6 is 15.9 Å². The first-order valence-electron chi connectivity index (χ1n) is 5.95. The molecule has 1 aliphatic rings. The highest BCUT2D eigenvalue weighted by Gasteiger charge is 2.32. The molecule has 1 heterocycles. The summed E-state index contributed by atoms with van der Waals surface area (Å²) in [7, 11) is 0. The Morgan fingerprint density at radius 1 is 1.39 bits per heavy atom. The van der Waals surface area contributed by atoms with E-state index in [-0.39, 0.29) is 12.0 Å². The molecule has 1 saturated carbocycles. The SMILES string of the molecule is OC1CC(c2nc(Cc3cccc(Br)c3)no2)C1. The van der Waals surface area contributed by atoms with Crippen molar-refractivity contribution in [3.05, 3.63) is 46.0 Å². The summed E-state index contributed by atoms with van der Waals surface area (Å²) in [5.41, 5.74) is 1.14. The lowest BCUT2D eigenvalue weighted by molar-refractivity contribution is 0.0625. The first-order chi connectivity index (χ1) is 8.70. The quantitative estimate of drug-likeness (QED) is 0.947. The van der Waals surface area contributed by atoms with Crippen molar-refractivity contribution in [2.24, 2.45) is 0 Å². The van der Waals surface area contributed by atoms with E-state index in [1.165, 1.54) is 0 Å². The van der Waals surface area contributed by atoms with Crippen molar-refractivity contribution in [1.82, 2.24) is 10.1 Å². The number of hydrogen-bond donors (Lipinski definition) is 1. The van der Waals surface area contributed by atoms with E-state index in [4.69, 9.17) is 4.52 Å². The Morgan fingerprint density at radius 2 is 2.22 bits per heavy atom. The number of aromatic nitrogens is 2. The molecule has 2 aromatic rings. The fourth-order valence-corrected chi connectivity index (χ4v) is 2.57. The average molecular weight is 309 g/mol. The van der Waals surface area contributed by atoms with E-state index in [1.807, 2.05) is 24.3 Å². The van der Waals surface area contributed by atoms with Crippen LogP contribution in [0.2, 0.25) is 0 Å². The van der Waals surface area contributed by atoms with Gasteiger partial charge in [-0.2, -0.15) is 4.98 Å². The van der Waals surface area contributed by atoms with E-state index in [0.29, 0.717) is 18.1 Å². The third-order valence-electron chi connectivity index (χ3n) is 3.20. The van der Waals surface area contributed by atoms with Crippen LogP contribution in [0.1, 0.15) is 36.0 Å². The zero-order valence-corrected chi connectivity index (χ0v) is 11.3. The molecule has 1 N–H and O–H groups in total. The highest BCUT2D eigenvalue weighted by molar-refractivity contribution is 9.10. The van der Waals surface area contributed by atoms with Gasteiger partial charge >= 0.3 is 0 Å². The number of rotatable bonds is 3. The van der Waals surface area contributed by atoms with Crippen LogP contribution in [-0.2, 0) is 6.42 Å². The first kappa shape index (κ1) is 11.9. The molecule has 0 bridgehead atoms. The fraction of sp³-hybridized carbons (Fsp3) is 0.385. The minimum Gasteiger partial charge on any atom is -0.393 e. The van der Waals surface area contributed by atoms with Gasteiger partial charge in [0, 0.05) is 16.8 Å². The fourth-order valence-electron chi connectivity index (χ4n) is 2.12. The molecule has 0 radical (unpaired) electrons. The molecule has 18 heavy (non-hydrogen) atoms. The van der Waals surface area contributed by atoms with E-state index in [0.717, 1.165) is 22.9 Å². The second-order valence-corrected chi connectivity index (χ2v) is 5.59. The number of aliphatic hydroxyl groups excluding tert-OH is 1. The molecule has 1 aliphatic carbocycles. The Hall–Kier alpha value is -1.20. The number of nitrogens with zero attached hydrogens (tertiary/aromatic N) is 2. The molecule has 5 heteroatoms. The Bertz CT molecular complexity index is 549. The van der Waals surface area contributed by atoms with Crippen LogP contribution in [0.5, 0.6) is 0 Å². The lowest BCUT2D eigenvalue weighted by Gasteiger charge is -2.27. The molecule has 0 unspecified atom stereocenters. The molecule has 0 saturated heterocycles. The minimum absolute atomic E-state index is 0.199. The van der Waals surface area contributed by atoms with Crippen LogP contribution in [0.25, 0.3) is 0 Å². The van der Waals surface area contributed by atoms with Gasteiger partial charge in [0.1, 0.15) is 0 Å². The van der Waals surface area contributed by atoms with Crippen LogP contribution in [0.3, 0.4) is 0 Å². The van der Waals surface area contributed by atoms with Crippen molar-refractivity contribution in [2.45, 2.75) is 31.3 Å². The van der Waals surface area contributed by atoms with Crippen LogP contribution in [0.4, 0.5) is 0 Å². The predicted octanol–water partition coefficient (Wildman–Crippen LogP) is 2.66. The zero-order valence-electron chi connectivity index (χ0n) is 9.71. The van der Waals surface area contributed by atoms with Crippen molar-refractivity contribution in [3.8, 4) is 0 Å². The maximum atomic E-state index is 9.26. The molecule has 3 rings (SSSR count). The van der Waals surface area contributed by atoms with Crippen LogP contribution in [0.15, 0.2) is 33.3 Å². The van der Waals surface area contributed by atoms with E-state index in [9.17, 15) is 5.11 Å². The summed E-state index contributed by atoms with van der Waals surface area (Å²) in [4.78, 5) is 4.39. The molecule has 4 nitrogen and oxygen atoms in total. The van der Waals surface area contributed by atoms with E-state index < -0.39 is 0 Å². The summed E-state index contributed by atoms with van der Waals surface area (Å²) in [6, 6.07) is 8.06. The summed E-state index contributed by atoms with van der Waals surface area (Å²) in [5, 5.41) is 13.2. The molecule has 0 amide bonds. The Morgan fingerprint density at radius 3 is 2.94 bits per heavy atom. The van der Waals surface area contributed by atoms with Gasteiger partial charge in [0.15, 0.2) is 5.82 Å². The Kier molecular flexibility index (Phi) is 3.18. The summed E-state index contributed by atoms with van der Waals surface area (Å²) < 4.78 is 6.28. The van der Waals surface area contributed by atoms with E-state index in [2.05, 4.69) is 26.1 Å². The summed E-state index contributed by atoms with van der Waals surface area (Å²) in [6.07, 6.45) is 1.94. The van der Waals surface area contributed by atoms with Crippen molar-refractivity contribution in [1.29, 1.82) is 0 Å². The molecule has 0 aliphatic heterocycles. The molecule has 0 atom stereocenters. The molecule has 1 fully saturated rings. The van der Waals surface area contributed by atoms with Crippen molar-refractivity contribution in [2.75, 3.05) is 0 Å². The summed E-state index contributed by atoms with van der Waals surface area (Å²) in [5.74, 6) is 1.60. The Labute approximate surface area is 113 Å². The Balaban J connectivity index is 1.70. The maximum Gasteiger partial charge on any atom is 0.229 e. The predicted molar refractivity (Wildman–Crippen MR) is 69.2 cm³/mol. The molecule has 1 aromatic heterocycles. The second kappa shape index (κ2) is 4.82. The van der Waals surface area contributed by atoms with Crippen LogP contribution < -0.4 is 0 Å². The summed E-state index contributed by atoms with van der Waals surface area (Å²) in [6.45, 7) is 0. The van der Waals surface area contributed by atoms with Crippen LogP contribution in [0, 0.1) is 0 Å². The van der Waals surface area contributed by atoms with E-state index in [1.54, 1.807) is 0 Å². The van der Waals surface area contributed by atoms with Crippen molar-refractivity contribution in [3.63, 3.8) is 0 Å². The van der Waals surface area contributed by atoms with E-state index >= 15 is 0 Å². The second-order valence-electron chi connectivity index (χ2n) is 4.68. The molecular weight excluding hydrogens is 296 g/mol. The van der Waals surface area contributed by atoms with Crippen LogP contribution in [-0.4, -0.2) is 21.4 Å². The normalized spacial score (nSPS) is 22.8. The van der Waals surface area contributed by atoms with Gasteiger partial charge in [-0.3, -0.25) is 0 Å². The highest BCUT2D eigenvalue weighted by atomic mass is 79.9. The van der Waals surface area contributed by atoms with Crippen molar-refractivity contribution >= 4 is 15.9 Å². The number of halogens is 1. The highest BCUT2D eigenvalue weighted by Crippen LogP contribution is 2.35. The molecule has 0 spiro atoms. The van der Waals surface area contributed by atoms with Gasteiger partial charge in [-0.15, -0.1) is 0 Å². The smallest absolute Gasteiger partial charge is 0.229 e. The third-order valence-corrected chi connectivity index (χ3v) is 3.69. The lowest BCUT2D eigenvalue weighted by Crippen LogP contribution is -2.26. The largest absolute Gasteiger partial charge is 0.393 e. The number of hydrogen-bond acceptors (Lipinski definition) is 4. The number of benzene rings is 1. The van der Waals surface area contributed by atoms with Gasteiger partial charge in [-0.05, 0) is 30.5 Å². The molecule has 1 aromatic carbocycles. The zero-order chi connectivity index (χ0) is 12.5. The maximum absolute atomic E-state index is 9.26. The standard InChI is InChI=1S/C13H13BrN2O2/c14-10-3-1-2-8(4-10)5-12-15-13(18-16-12)9-6-11(17)7-9/h1-4,9,11,17H,5-7H2. The first-order valence-corrected chi connectivity index (χ1v) is 6.75.